The Kier molecular flexibility index (Phi) is 8.48. The molecule has 0 atom stereocenters. The van der Waals surface area contributed by atoms with Crippen molar-refractivity contribution in [2.24, 2.45) is 0 Å². The predicted molar refractivity (Wildman–Crippen MR) is 94.5 cm³/mol. The number of anilines is 1. The molecule has 0 saturated carbocycles. The summed E-state index contributed by atoms with van der Waals surface area (Å²) in [5.74, 6) is 0.0257. The molecule has 1 aromatic carbocycles. The van der Waals surface area contributed by atoms with Crippen molar-refractivity contribution in [1.82, 2.24) is 10.2 Å². The summed E-state index contributed by atoms with van der Waals surface area (Å²) in [6, 6.07) is 7.64. The number of benzene rings is 1. The van der Waals surface area contributed by atoms with E-state index < -0.39 is 0 Å². The first-order chi connectivity index (χ1) is 10.6. The molecule has 1 aliphatic heterocycles. The van der Waals surface area contributed by atoms with Gasteiger partial charge in [-0.25, -0.2) is 0 Å². The van der Waals surface area contributed by atoms with Crippen molar-refractivity contribution in [3.63, 3.8) is 0 Å². The molecule has 3 N–H and O–H groups in total. The van der Waals surface area contributed by atoms with Gasteiger partial charge in [0.05, 0.1) is 6.54 Å². The molecule has 128 valence electrons. The number of halogens is 1. The van der Waals surface area contributed by atoms with Gasteiger partial charge in [0, 0.05) is 25.2 Å². The SMILES string of the molecule is Cl.Nc1ccc(CCNC(=O)CN2CCCCCCC2=O)cc1. The second-order valence-electron chi connectivity index (χ2n) is 5.82. The lowest BCUT2D eigenvalue weighted by Crippen LogP contribution is -2.42. The number of amides is 2. The average Bonchev–Trinajstić information content (AvgIpc) is 2.49. The zero-order valence-electron chi connectivity index (χ0n) is 13.4. The second-order valence-corrected chi connectivity index (χ2v) is 5.82. The fourth-order valence-electron chi connectivity index (χ4n) is 2.64. The lowest BCUT2D eigenvalue weighted by molar-refractivity contribution is -0.136. The van der Waals surface area contributed by atoms with Crippen LogP contribution in [0.4, 0.5) is 5.69 Å². The fourth-order valence-corrected chi connectivity index (χ4v) is 2.64. The highest BCUT2D eigenvalue weighted by Crippen LogP contribution is 2.11. The lowest BCUT2D eigenvalue weighted by Gasteiger charge is -2.24. The van der Waals surface area contributed by atoms with Crippen LogP contribution in [0.2, 0.25) is 0 Å². The van der Waals surface area contributed by atoms with Crippen molar-refractivity contribution in [2.75, 3.05) is 25.4 Å². The maximum absolute atomic E-state index is 12.0. The molecule has 2 amide bonds. The molecule has 0 radical (unpaired) electrons. The minimum Gasteiger partial charge on any atom is -0.399 e. The van der Waals surface area contributed by atoms with Crippen molar-refractivity contribution < 1.29 is 9.59 Å². The molecule has 23 heavy (non-hydrogen) atoms. The highest BCUT2D eigenvalue weighted by molar-refractivity contribution is 5.85. The van der Waals surface area contributed by atoms with Crippen LogP contribution in [-0.4, -0.2) is 36.3 Å². The number of nitrogens with one attached hydrogen (secondary N) is 1. The van der Waals surface area contributed by atoms with Crippen LogP contribution >= 0.6 is 12.4 Å². The number of nitrogen functional groups attached to an aromatic ring is 1. The highest BCUT2D eigenvalue weighted by atomic mass is 35.5. The Morgan fingerprint density at radius 3 is 2.57 bits per heavy atom. The van der Waals surface area contributed by atoms with Crippen LogP contribution < -0.4 is 11.1 Å². The number of likely N-dealkylation sites (tertiary alicyclic amines) is 1. The van der Waals surface area contributed by atoms with E-state index in [1.54, 1.807) is 4.90 Å². The Morgan fingerprint density at radius 2 is 1.83 bits per heavy atom. The van der Waals surface area contributed by atoms with Gasteiger partial charge in [0.25, 0.3) is 0 Å². The number of nitrogens with two attached hydrogens (primary N) is 1. The zero-order chi connectivity index (χ0) is 15.8. The molecule has 6 heteroatoms. The Hall–Kier alpha value is -1.75. The van der Waals surface area contributed by atoms with Crippen LogP contribution in [0.15, 0.2) is 24.3 Å². The van der Waals surface area contributed by atoms with Gasteiger partial charge in [-0.3, -0.25) is 9.59 Å². The van der Waals surface area contributed by atoms with Gasteiger partial charge in [0.15, 0.2) is 0 Å². The summed E-state index contributed by atoms with van der Waals surface area (Å²) in [7, 11) is 0. The van der Waals surface area contributed by atoms with E-state index in [1.807, 2.05) is 24.3 Å². The Bertz CT molecular complexity index is 505. The summed E-state index contributed by atoms with van der Waals surface area (Å²) in [6.07, 6.45) is 5.52. The molecule has 0 aliphatic carbocycles. The molecule has 2 rings (SSSR count). The first kappa shape index (κ1) is 19.3. The van der Waals surface area contributed by atoms with Crippen molar-refractivity contribution in [3.05, 3.63) is 29.8 Å². The van der Waals surface area contributed by atoms with E-state index in [2.05, 4.69) is 5.32 Å². The number of rotatable bonds is 5. The van der Waals surface area contributed by atoms with Crippen LogP contribution in [0.25, 0.3) is 0 Å². The van der Waals surface area contributed by atoms with Gasteiger partial charge in [-0.1, -0.05) is 25.0 Å². The maximum Gasteiger partial charge on any atom is 0.239 e. The monoisotopic (exact) mass is 339 g/mol. The maximum atomic E-state index is 12.0. The van der Waals surface area contributed by atoms with Crippen LogP contribution in [0.3, 0.4) is 0 Å². The third kappa shape index (κ3) is 6.91. The van der Waals surface area contributed by atoms with E-state index in [9.17, 15) is 9.59 Å². The van der Waals surface area contributed by atoms with Gasteiger partial charge in [-0.05, 0) is 37.0 Å². The second kappa shape index (κ2) is 10.1. The number of hydrogen-bond donors (Lipinski definition) is 2. The first-order valence-electron chi connectivity index (χ1n) is 8.04. The van der Waals surface area contributed by atoms with E-state index in [0.29, 0.717) is 19.5 Å². The summed E-state index contributed by atoms with van der Waals surface area (Å²) in [5, 5.41) is 2.89. The molecular weight excluding hydrogens is 314 g/mol. The van der Waals surface area contributed by atoms with Crippen LogP contribution in [0.5, 0.6) is 0 Å². The smallest absolute Gasteiger partial charge is 0.239 e. The van der Waals surface area contributed by atoms with Crippen LogP contribution in [0, 0.1) is 0 Å². The van der Waals surface area contributed by atoms with E-state index in [1.165, 1.54) is 0 Å². The number of carbonyl (C=O) groups excluding carboxylic acids is 2. The van der Waals surface area contributed by atoms with Crippen molar-refractivity contribution in [2.45, 2.75) is 38.5 Å². The molecule has 0 bridgehead atoms. The van der Waals surface area contributed by atoms with Crippen molar-refractivity contribution in [1.29, 1.82) is 0 Å². The molecule has 1 aliphatic rings. The Morgan fingerprint density at radius 1 is 1.13 bits per heavy atom. The van der Waals surface area contributed by atoms with Crippen LogP contribution in [-0.2, 0) is 16.0 Å². The van der Waals surface area contributed by atoms with E-state index >= 15 is 0 Å². The summed E-state index contributed by atoms with van der Waals surface area (Å²) in [4.78, 5) is 25.6. The molecular formula is C17H26ClN3O2. The molecule has 0 spiro atoms. The Balaban J connectivity index is 0.00000264. The van der Waals surface area contributed by atoms with Gasteiger partial charge < -0.3 is 16.0 Å². The summed E-state index contributed by atoms with van der Waals surface area (Å²) in [6.45, 7) is 1.45. The first-order valence-corrected chi connectivity index (χ1v) is 8.04. The standard InChI is InChI=1S/C17H25N3O2.ClH/c18-15-8-6-14(7-9-15)10-11-19-16(21)13-20-12-4-2-1-3-5-17(20)22;/h6-9H,1-5,10-13,18H2,(H,19,21);1H. The third-order valence-electron chi connectivity index (χ3n) is 3.97. The van der Waals surface area contributed by atoms with Gasteiger partial charge in [-0.2, -0.15) is 0 Å². The Labute approximate surface area is 144 Å². The molecule has 1 aromatic rings. The van der Waals surface area contributed by atoms with Crippen molar-refractivity contribution >= 4 is 29.9 Å². The highest BCUT2D eigenvalue weighted by Gasteiger charge is 2.17. The lowest BCUT2D eigenvalue weighted by atomic mass is 10.1. The normalized spacial score (nSPS) is 15.3. The molecule has 1 saturated heterocycles. The number of nitrogens with zero attached hydrogens (tertiary/aromatic N) is 1. The quantitative estimate of drug-likeness (QED) is 0.807. The molecule has 0 unspecified atom stereocenters. The van der Waals surface area contributed by atoms with Gasteiger partial charge in [0.2, 0.25) is 11.8 Å². The van der Waals surface area contributed by atoms with E-state index in [4.69, 9.17) is 5.73 Å². The van der Waals surface area contributed by atoms with Crippen molar-refractivity contribution in [3.8, 4) is 0 Å². The molecule has 1 fully saturated rings. The van der Waals surface area contributed by atoms with E-state index in [0.717, 1.165) is 43.4 Å². The fraction of sp³-hybridized carbons (Fsp3) is 0.529. The predicted octanol–water partition coefficient (Wildman–Crippen LogP) is 2.14. The largest absolute Gasteiger partial charge is 0.399 e. The molecule has 0 aromatic heterocycles. The van der Waals surface area contributed by atoms with Crippen LogP contribution in [0.1, 0.15) is 37.7 Å². The van der Waals surface area contributed by atoms with Gasteiger partial charge >= 0.3 is 0 Å². The van der Waals surface area contributed by atoms with Gasteiger partial charge in [0.1, 0.15) is 0 Å². The van der Waals surface area contributed by atoms with Gasteiger partial charge in [-0.15, -0.1) is 12.4 Å². The zero-order valence-corrected chi connectivity index (χ0v) is 14.2. The number of hydrogen-bond acceptors (Lipinski definition) is 3. The molecule has 1 heterocycles. The topological polar surface area (TPSA) is 75.4 Å². The minimum absolute atomic E-state index is 0. The third-order valence-corrected chi connectivity index (χ3v) is 3.97. The van der Waals surface area contributed by atoms with E-state index in [-0.39, 0.29) is 30.8 Å². The minimum atomic E-state index is -0.0793. The number of carbonyl (C=O) groups is 2. The average molecular weight is 340 g/mol. The molecule has 5 nitrogen and oxygen atoms in total. The summed E-state index contributed by atoms with van der Waals surface area (Å²) >= 11 is 0. The summed E-state index contributed by atoms with van der Waals surface area (Å²) < 4.78 is 0. The summed E-state index contributed by atoms with van der Waals surface area (Å²) in [5.41, 5.74) is 7.51.